The van der Waals surface area contributed by atoms with Crippen molar-refractivity contribution in [3.05, 3.63) is 70.4 Å². The number of nitrogens with zero attached hydrogens (tertiary/aromatic N) is 4. The molecule has 4 aromatic rings. The van der Waals surface area contributed by atoms with Crippen LogP contribution in [0.5, 0.6) is 0 Å². The van der Waals surface area contributed by atoms with Gasteiger partial charge in [0.1, 0.15) is 5.82 Å². The Morgan fingerprint density at radius 3 is 2.61 bits per heavy atom. The molecule has 4 rings (SSSR count). The minimum Gasteiger partial charge on any atom is -0.383 e. The lowest BCUT2D eigenvalue weighted by molar-refractivity contribution is -0.121. The molecule has 0 aliphatic carbocycles. The lowest BCUT2D eigenvalue weighted by Crippen LogP contribution is -2.31. The molecule has 2 heterocycles. The predicted molar refractivity (Wildman–Crippen MR) is 119 cm³/mol. The van der Waals surface area contributed by atoms with Gasteiger partial charge in [0.05, 0.1) is 41.2 Å². The van der Waals surface area contributed by atoms with E-state index < -0.39 is 0 Å². The molecule has 0 aliphatic heterocycles. The Balaban J connectivity index is 1.60. The fourth-order valence-corrected chi connectivity index (χ4v) is 3.86. The number of rotatable bonds is 7. The molecule has 0 saturated carbocycles. The summed E-state index contributed by atoms with van der Waals surface area (Å²) in [6.07, 6.45) is 0.0667. The fourth-order valence-electron chi connectivity index (χ4n) is 3.86. The predicted octanol–water partition coefficient (Wildman–Crippen LogP) is 2.35. The van der Waals surface area contributed by atoms with Crippen molar-refractivity contribution < 1.29 is 9.53 Å². The normalized spacial score (nSPS) is 12.4. The second-order valence-electron chi connectivity index (χ2n) is 7.49. The Morgan fingerprint density at radius 2 is 1.84 bits per heavy atom. The van der Waals surface area contributed by atoms with Crippen LogP contribution in [0.25, 0.3) is 21.8 Å². The van der Waals surface area contributed by atoms with Gasteiger partial charge in [-0.05, 0) is 25.1 Å². The highest BCUT2D eigenvalue weighted by Crippen LogP contribution is 2.21. The number of nitrogens with one attached hydrogen (secondary N) is 1. The summed E-state index contributed by atoms with van der Waals surface area (Å²) < 4.78 is 8.60. The first-order valence-corrected chi connectivity index (χ1v) is 10.2. The third-order valence-corrected chi connectivity index (χ3v) is 5.33. The summed E-state index contributed by atoms with van der Waals surface area (Å²) in [7, 11) is 3.26. The summed E-state index contributed by atoms with van der Waals surface area (Å²) in [6.45, 7) is 3.09. The zero-order chi connectivity index (χ0) is 22.0. The van der Waals surface area contributed by atoms with Gasteiger partial charge in [0.2, 0.25) is 5.91 Å². The van der Waals surface area contributed by atoms with E-state index in [1.165, 1.54) is 4.68 Å². The molecule has 8 nitrogen and oxygen atoms in total. The molecule has 0 aliphatic rings. The van der Waals surface area contributed by atoms with E-state index in [0.717, 1.165) is 16.9 Å². The number of para-hydroxylation sites is 2. The Morgan fingerprint density at radius 1 is 1.13 bits per heavy atom. The molecule has 2 aromatic carbocycles. The van der Waals surface area contributed by atoms with Gasteiger partial charge in [-0.3, -0.25) is 9.59 Å². The number of ether oxygens (including phenoxy) is 1. The Hall–Kier alpha value is -3.52. The number of aromatic nitrogens is 4. The van der Waals surface area contributed by atoms with Crippen LogP contribution in [-0.4, -0.2) is 39.0 Å². The van der Waals surface area contributed by atoms with Gasteiger partial charge in [-0.2, -0.15) is 5.10 Å². The van der Waals surface area contributed by atoms with Crippen molar-refractivity contribution in [1.29, 1.82) is 0 Å². The van der Waals surface area contributed by atoms with E-state index in [4.69, 9.17) is 9.72 Å². The maximum atomic E-state index is 12.9. The highest BCUT2D eigenvalue weighted by Gasteiger charge is 2.19. The van der Waals surface area contributed by atoms with Crippen molar-refractivity contribution >= 4 is 27.7 Å². The molecule has 160 valence electrons. The van der Waals surface area contributed by atoms with Crippen LogP contribution in [0.4, 0.5) is 0 Å². The Labute approximate surface area is 179 Å². The minimum atomic E-state index is -0.310. The average molecular weight is 419 g/mol. The molecule has 0 saturated heterocycles. The molecule has 0 unspecified atom stereocenters. The van der Waals surface area contributed by atoms with Gasteiger partial charge in [-0.25, -0.2) is 9.67 Å². The van der Waals surface area contributed by atoms with Gasteiger partial charge in [-0.1, -0.05) is 30.3 Å². The van der Waals surface area contributed by atoms with Gasteiger partial charge in [0.15, 0.2) is 0 Å². The van der Waals surface area contributed by atoms with Crippen molar-refractivity contribution in [2.75, 3.05) is 13.7 Å². The minimum absolute atomic E-state index is 0.0667. The molecule has 0 spiro atoms. The number of imidazole rings is 1. The topological polar surface area (TPSA) is 91.0 Å². The summed E-state index contributed by atoms with van der Waals surface area (Å²) >= 11 is 0. The van der Waals surface area contributed by atoms with E-state index in [0.29, 0.717) is 29.6 Å². The smallest absolute Gasteiger partial charge is 0.274 e. The van der Waals surface area contributed by atoms with Crippen LogP contribution >= 0.6 is 0 Å². The van der Waals surface area contributed by atoms with Crippen LogP contribution in [0.2, 0.25) is 0 Å². The maximum absolute atomic E-state index is 12.9. The monoisotopic (exact) mass is 419 g/mol. The zero-order valence-electron chi connectivity index (χ0n) is 17.8. The molecule has 8 heteroatoms. The molecular formula is C23H25N5O3. The molecule has 1 N–H and O–H groups in total. The van der Waals surface area contributed by atoms with Gasteiger partial charge >= 0.3 is 0 Å². The van der Waals surface area contributed by atoms with E-state index in [9.17, 15) is 9.59 Å². The van der Waals surface area contributed by atoms with Crippen molar-refractivity contribution in [1.82, 2.24) is 24.6 Å². The number of carbonyl (C=O) groups excluding carboxylic acids is 1. The average Bonchev–Trinajstić information content (AvgIpc) is 3.14. The third kappa shape index (κ3) is 4.06. The number of amides is 1. The van der Waals surface area contributed by atoms with Crippen LogP contribution < -0.4 is 10.9 Å². The maximum Gasteiger partial charge on any atom is 0.274 e. The van der Waals surface area contributed by atoms with Crippen LogP contribution in [0.1, 0.15) is 24.5 Å². The first kappa shape index (κ1) is 20.7. The number of benzene rings is 2. The Kier molecular flexibility index (Phi) is 5.81. The number of fused-ring (bicyclic) bond motifs is 2. The molecule has 2 aromatic heterocycles. The number of hydrogen-bond acceptors (Lipinski definition) is 5. The van der Waals surface area contributed by atoms with Crippen molar-refractivity contribution in [3.63, 3.8) is 0 Å². The first-order valence-electron chi connectivity index (χ1n) is 10.2. The van der Waals surface area contributed by atoms with Gasteiger partial charge in [-0.15, -0.1) is 0 Å². The van der Waals surface area contributed by atoms with Crippen molar-refractivity contribution in [2.45, 2.75) is 25.9 Å². The Bertz CT molecular complexity index is 1310. The van der Waals surface area contributed by atoms with Crippen LogP contribution in [0.15, 0.2) is 53.3 Å². The van der Waals surface area contributed by atoms with Crippen molar-refractivity contribution in [3.8, 4) is 0 Å². The molecule has 1 atom stereocenters. The number of methoxy groups -OCH3 is 1. The lowest BCUT2D eigenvalue weighted by atomic mass is 10.1. The van der Waals surface area contributed by atoms with Gasteiger partial charge < -0.3 is 14.6 Å². The van der Waals surface area contributed by atoms with E-state index in [-0.39, 0.29) is 23.9 Å². The van der Waals surface area contributed by atoms with Crippen LogP contribution in [-0.2, 0) is 29.5 Å². The second kappa shape index (κ2) is 8.69. The summed E-state index contributed by atoms with van der Waals surface area (Å²) in [6, 6.07) is 14.8. The SMILES string of the molecule is COCCn1c([C@@H](C)NC(=O)Cc2nn(C)c(=O)c3ccccc23)nc2ccccc21. The summed E-state index contributed by atoms with van der Waals surface area (Å²) in [4.78, 5) is 29.9. The standard InChI is InChI=1S/C23H25N5O3/c1-15(22-25-18-10-6-7-11-20(18)28(22)12-13-31-3)24-21(29)14-19-16-8-4-5-9-17(16)23(30)27(2)26-19/h4-11,15H,12-14H2,1-3H3,(H,24,29)/t15-/m1/s1. The summed E-state index contributed by atoms with van der Waals surface area (Å²) in [5.74, 6) is 0.582. The highest BCUT2D eigenvalue weighted by molar-refractivity contribution is 5.88. The molecule has 0 fully saturated rings. The summed E-state index contributed by atoms with van der Waals surface area (Å²) in [5.41, 5.74) is 2.26. The lowest BCUT2D eigenvalue weighted by Gasteiger charge is -2.16. The molecule has 1 amide bonds. The summed E-state index contributed by atoms with van der Waals surface area (Å²) in [5, 5.41) is 8.60. The number of hydrogen-bond donors (Lipinski definition) is 1. The van der Waals surface area contributed by atoms with E-state index in [1.807, 2.05) is 43.3 Å². The van der Waals surface area contributed by atoms with Crippen molar-refractivity contribution in [2.24, 2.45) is 7.05 Å². The number of aryl methyl sites for hydroxylation is 1. The van der Waals surface area contributed by atoms with Gasteiger partial charge in [0, 0.05) is 26.1 Å². The number of carbonyl (C=O) groups is 1. The molecule has 31 heavy (non-hydrogen) atoms. The van der Waals surface area contributed by atoms with Crippen LogP contribution in [0, 0.1) is 0 Å². The second-order valence-corrected chi connectivity index (χ2v) is 7.49. The molecule has 0 radical (unpaired) electrons. The first-order chi connectivity index (χ1) is 15.0. The van der Waals surface area contributed by atoms with Gasteiger partial charge in [0.25, 0.3) is 5.56 Å². The highest BCUT2D eigenvalue weighted by atomic mass is 16.5. The van der Waals surface area contributed by atoms with E-state index in [1.54, 1.807) is 26.3 Å². The third-order valence-electron chi connectivity index (χ3n) is 5.33. The molecule has 0 bridgehead atoms. The molecular weight excluding hydrogens is 394 g/mol. The van der Waals surface area contributed by atoms with Crippen LogP contribution in [0.3, 0.4) is 0 Å². The largest absolute Gasteiger partial charge is 0.383 e. The van der Waals surface area contributed by atoms with E-state index in [2.05, 4.69) is 15.0 Å². The fraction of sp³-hybridized carbons (Fsp3) is 0.304. The van der Waals surface area contributed by atoms with E-state index >= 15 is 0 Å². The zero-order valence-corrected chi connectivity index (χ0v) is 17.8. The quantitative estimate of drug-likeness (QED) is 0.497.